The summed E-state index contributed by atoms with van der Waals surface area (Å²) in [6, 6.07) is 1.98. The Kier molecular flexibility index (Phi) is 3.10. The Morgan fingerprint density at radius 1 is 1.39 bits per heavy atom. The van der Waals surface area contributed by atoms with Gasteiger partial charge >= 0.3 is 0 Å². The fourth-order valence-corrected chi connectivity index (χ4v) is 3.16. The van der Waals surface area contributed by atoms with Gasteiger partial charge in [-0.2, -0.15) is 5.10 Å². The largest absolute Gasteiger partial charge is 0.346 e. The van der Waals surface area contributed by atoms with E-state index in [-0.39, 0.29) is 17.8 Å². The molecule has 0 radical (unpaired) electrons. The third-order valence-electron chi connectivity index (χ3n) is 4.25. The van der Waals surface area contributed by atoms with Crippen LogP contribution >= 0.6 is 0 Å². The van der Waals surface area contributed by atoms with Gasteiger partial charge in [-0.1, -0.05) is 0 Å². The van der Waals surface area contributed by atoms with Crippen LogP contribution in [0.2, 0.25) is 0 Å². The predicted octanol–water partition coefficient (Wildman–Crippen LogP) is 0.752. The quantitative estimate of drug-likeness (QED) is 0.727. The van der Waals surface area contributed by atoms with Gasteiger partial charge in [0.2, 0.25) is 5.82 Å². The number of rotatable bonds is 2. The number of hydrogen-bond acceptors (Lipinski definition) is 5. The average molecular weight is 311 g/mol. The minimum Gasteiger partial charge on any atom is -0.346 e. The zero-order chi connectivity index (χ0) is 16.0. The van der Waals surface area contributed by atoms with E-state index < -0.39 is 0 Å². The number of H-pyrrole nitrogens is 1. The van der Waals surface area contributed by atoms with Crippen molar-refractivity contribution in [1.82, 2.24) is 35.1 Å². The molecule has 1 amide bonds. The van der Waals surface area contributed by atoms with Gasteiger partial charge in [0.1, 0.15) is 0 Å². The highest BCUT2D eigenvalue weighted by Crippen LogP contribution is 2.19. The molecule has 0 saturated carbocycles. The van der Waals surface area contributed by atoms with Crippen LogP contribution in [-0.4, -0.2) is 41.7 Å². The molecule has 0 unspecified atom stereocenters. The summed E-state index contributed by atoms with van der Waals surface area (Å²) in [4.78, 5) is 16.9. The van der Waals surface area contributed by atoms with E-state index in [9.17, 15) is 4.79 Å². The van der Waals surface area contributed by atoms with Gasteiger partial charge < -0.3 is 5.32 Å². The van der Waals surface area contributed by atoms with Crippen LogP contribution in [0.25, 0.3) is 5.78 Å². The summed E-state index contributed by atoms with van der Waals surface area (Å²) in [7, 11) is 0. The van der Waals surface area contributed by atoms with Crippen molar-refractivity contribution >= 4 is 11.7 Å². The molecule has 3 heterocycles. The van der Waals surface area contributed by atoms with E-state index in [1.54, 1.807) is 4.40 Å². The van der Waals surface area contributed by atoms with Crippen molar-refractivity contribution in [3.8, 4) is 0 Å². The molecule has 1 aliphatic carbocycles. The average Bonchev–Trinajstić information content (AvgIpc) is 3.12. The lowest BCUT2D eigenvalue weighted by molar-refractivity contribution is 0.0921. The third-order valence-corrected chi connectivity index (χ3v) is 4.25. The van der Waals surface area contributed by atoms with Gasteiger partial charge in [0, 0.05) is 29.5 Å². The number of aromatic nitrogens is 6. The summed E-state index contributed by atoms with van der Waals surface area (Å²) in [6.07, 6.45) is 4.42. The van der Waals surface area contributed by atoms with Crippen LogP contribution in [0, 0.1) is 13.8 Å². The highest BCUT2D eigenvalue weighted by atomic mass is 16.2. The Balaban J connectivity index is 1.58. The monoisotopic (exact) mass is 311 g/mol. The Hall–Kier alpha value is -2.77. The molecule has 8 heteroatoms. The first-order chi connectivity index (χ1) is 11.1. The van der Waals surface area contributed by atoms with Crippen molar-refractivity contribution in [2.24, 2.45) is 0 Å². The molecule has 0 aliphatic heterocycles. The molecule has 0 fully saturated rings. The molecule has 23 heavy (non-hydrogen) atoms. The van der Waals surface area contributed by atoms with Gasteiger partial charge in [-0.3, -0.25) is 14.3 Å². The molecule has 0 saturated heterocycles. The first-order valence-electron chi connectivity index (χ1n) is 7.63. The molecule has 4 rings (SSSR count). The number of aromatic amines is 1. The van der Waals surface area contributed by atoms with Gasteiger partial charge in [0.15, 0.2) is 0 Å². The van der Waals surface area contributed by atoms with Gasteiger partial charge in [-0.25, -0.2) is 4.98 Å². The normalized spacial score (nSPS) is 17.2. The topological polar surface area (TPSA) is 101 Å². The highest BCUT2D eigenvalue weighted by molar-refractivity contribution is 5.91. The SMILES string of the molecule is Cc1cc(C)n2c(C(=O)N[C@H]3CCc4cn[nH]c4C3)nnc2n1. The summed E-state index contributed by atoms with van der Waals surface area (Å²) in [5.74, 6) is 0.506. The van der Waals surface area contributed by atoms with Crippen LogP contribution in [0.1, 0.15) is 39.7 Å². The smallest absolute Gasteiger partial charge is 0.289 e. The van der Waals surface area contributed by atoms with Crippen molar-refractivity contribution in [2.45, 2.75) is 39.2 Å². The third kappa shape index (κ3) is 2.36. The molecular weight excluding hydrogens is 294 g/mol. The first kappa shape index (κ1) is 13.9. The maximum absolute atomic E-state index is 12.6. The van der Waals surface area contributed by atoms with E-state index in [1.807, 2.05) is 26.1 Å². The van der Waals surface area contributed by atoms with E-state index in [2.05, 4.69) is 30.7 Å². The van der Waals surface area contributed by atoms with Crippen LogP contribution in [0.4, 0.5) is 0 Å². The second-order valence-electron chi connectivity index (χ2n) is 5.98. The summed E-state index contributed by atoms with van der Waals surface area (Å²) in [5, 5.41) is 18.1. The number of carbonyl (C=O) groups is 1. The fourth-order valence-electron chi connectivity index (χ4n) is 3.16. The number of aryl methyl sites for hydroxylation is 3. The second kappa shape index (κ2) is 5.15. The van der Waals surface area contributed by atoms with E-state index in [0.29, 0.717) is 5.78 Å². The summed E-state index contributed by atoms with van der Waals surface area (Å²) < 4.78 is 1.69. The number of nitrogens with zero attached hydrogens (tertiary/aromatic N) is 5. The van der Waals surface area contributed by atoms with Gasteiger partial charge in [-0.15, -0.1) is 10.2 Å². The number of fused-ring (bicyclic) bond motifs is 2. The number of nitrogens with one attached hydrogen (secondary N) is 2. The fraction of sp³-hybridized carbons (Fsp3) is 0.400. The standard InChI is InChI=1S/C15H17N7O/c1-8-5-9(2)22-13(20-21-15(22)17-8)14(23)18-11-4-3-10-7-16-19-12(10)6-11/h5,7,11H,3-4,6H2,1-2H3,(H,16,19)(H,18,23)/t11-/m0/s1. The maximum Gasteiger partial charge on any atom is 0.289 e. The maximum atomic E-state index is 12.6. The first-order valence-corrected chi connectivity index (χ1v) is 7.63. The Morgan fingerprint density at radius 2 is 2.26 bits per heavy atom. The van der Waals surface area contributed by atoms with Crippen molar-refractivity contribution in [2.75, 3.05) is 0 Å². The van der Waals surface area contributed by atoms with Gasteiger partial charge in [0.25, 0.3) is 11.7 Å². The van der Waals surface area contributed by atoms with E-state index in [1.165, 1.54) is 5.56 Å². The lowest BCUT2D eigenvalue weighted by atomic mass is 9.94. The highest BCUT2D eigenvalue weighted by Gasteiger charge is 2.24. The van der Waals surface area contributed by atoms with Crippen molar-refractivity contribution < 1.29 is 4.79 Å². The number of amides is 1. The van der Waals surface area contributed by atoms with Gasteiger partial charge in [0.05, 0.1) is 6.20 Å². The minimum atomic E-state index is -0.223. The van der Waals surface area contributed by atoms with Crippen LogP contribution in [0.15, 0.2) is 12.3 Å². The van der Waals surface area contributed by atoms with Crippen LogP contribution in [0.5, 0.6) is 0 Å². The Bertz CT molecular complexity index is 895. The number of carbonyl (C=O) groups excluding carboxylic acids is 1. The molecule has 1 aliphatic rings. The summed E-state index contributed by atoms with van der Waals surface area (Å²) >= 11 is 0. The Morgan fingerprint density at radius 3 is 3.13 bits per heavy atom. The molecular formula is C15H17N7O. The van der Waals surface area contributed by atoms with E-state index in [0.717, 1.165) is 36.3 Å². The van der Waals surface area contributed by atoms with E-state index in [4.69, 9.17) is 0 Å². The molecule has 0 spiro atoms. The van der Waals surface area contributed by atoms with Crippen molar-refractivity contribution in [3.63, 3.8) is 0 Å². The Labute approximate surface area is 132 Å². The van der Waals surface area contributed by atoms with Gasteiger partial charge in [-0.05, 0) is 38.3 Å². The number of hydrogen-bond donors (Lipinski definition) is 2. The summed E-state index contributed by atoms with van der Waals surface area (Å²) in [5.41, 5.74) is 4.08. The molecule has 3 aromatic heterocycles. The molecule has 8 nitrogen and oxygen atoms in total. The zero-order valence-electron chi connectivity index (χ0n) is 13.0. The molecule has 1 atom stereocenters. The molecule has 3 aromatic rings. The van der Waals surface area contributed by atoms with Crippen LogP contribution in [0.3, 0.4) is 0 Å². The summed E-state index contributed by atoms with van der Waals surface area (Å²) in [6.45, 7) is 3.81. The minimum absolute atomic E-state index is 0.0708. The lowest BCUT2D eigenvalue weighted by Crippen LogP contribution is -2.39. The molecule has 0 bridgehead atoms. The van der Waals surface area contributed by atoms with Crippen LogP contribution in [-0.2, 0) is 12.8 Å². The lowest BCUT2D eigenvalue weighted by Gasteiger charge is -2.22. The zero-order valence-corrected chi connectivity index (χ0v) is 13.0. The molecule has 118 valence electrons. The van der Waals surface area contributed by atoms with E-state index >= 15 is 0 Å². The van der Waals surface area contributed by atoms with Crippen LogP contribution < -0.4 is 5.32 Å². The predicted molar refractivity (Wildman–Crippen MR) is 82.1 cm³/mol. The van der Waals surface area contributed by atoms with Crippen molar-refractivity contribution in [3.05, 3.63) is 40.7 Å². The second-order valence-corrected chi connectivity index (χ2v) is 5.98. The molecule has 2 N–H and O–H groups in total. The van der Waals surface area contributed by atoms with Crippen molar-refractivity contribution in [1.29, 1.82) is 0 Å². The molecule has 0 aromatic carbocycles.